The van der Waals surface area contributed by atoms with Crippen LogP contribution in [0.1, 0.15) is 38.3 Å². The molecular formula is C10H16ClF3N2. The summed E-state index contributed by atoms with van der Waals surface area (Å²) in [6, 6.07) is 0.713. The maximum atomic E-state index is 12.3. The average molecular weight is 257 g/mol. The van der Waals surface area contributed by atoms with Gasteiger partial charge in [-0.3, -0.25) is 0 Å². The number of hydrogen-bond acceptors (Lipinski definition) is 1. The molecule has 0 amide bonds. The number of nitrogens with zero attached hydrogens (tertiary/aromatic N) is 2. The minimum absolute atomic E-state index is 0.528. The third-order valence-electron chi connectivity index (χ3n) is 1.80. The summed E-state index contributed by atoms with van der Waals surface area (Å²) < 4.78 is 36.5. The first kappa shape index (κ1) is 15.3. The summed E-state index contributed by atoms with van der Waals surface area (Å²) in [7, 11) is 1.27. The smallest absolute Gasteiger partial charge is 0.242 e. The molecule has 0 saturated heterocycles. The zero-order valence-electron chi connectivity index (χ0n) is 9.39. The molecule has 0 bridgehead atoms. The van der Waals surface area contributed by atoms with Gasteiger partial charge in [-0.2, -0.15) is 9.49 Å². The Balaban J connectivity index is 0.000000325. The van der Waals surface area contributed by atoms with Gasteiger partial charge in [0.1, 0.15) is 5.69 Å². The average Bonchev–Trinajstić information content (AvgIpc) is 2.57. The molecule has 1 aromatic rings. The molecule has 0 radical (unpaired) electrons. The molecule has 0 N–H and O–H groups in total. The maximum Gasteiger partial charge on any atom is 0.282 e. The Hall–Kier alpha value is -0.710. The van der Waals surface area contributed by atoms with Gasteiger partial charge in [0.15, 0.2) is 0 Å². The summed E-state index contributed by atoms with van der Waals surface area (Å²) in [5, 5.41) is 3.20. The highest BCUT2D eigenvalue weighted by Gasteiger charge is 2.12. The van der Waals surface area contributed by atoms with E-state index in [4.69, 9.17) is 11.6 Å². The number of aromatic nitrogens is 2. The predicted octanol–water partition coefficient (Wildman–Crippen LogP) is 3.91. The van der Waals surface area contributed by atoms with Crippen LogP contribution in [0.15, 0.2) is 6.07 Å². The lowest BCUT2D eigenvalue weighted by Gasteiger charge is -1.88. The Kier molecular flexibility index (Phi) is 8.07. The summed E-state index contributed by atoms with van der Waals surface area (Å²) >= 11 is 5.38. The van der Waals surface area contributed by atoms with Crippen molar-refractivity contribution in [1.82, 2.24) is 9.78 Å². The quantitative estimate of drug-likeness (QED) is 0.590. The SMILES string of the molecule is CCCCCCl.Cn1nc(C(F)F)cc1F. The Bertz CT molecular complexity index is 266. The summed E-state index contributed by atoms with van der Waals surface area (Å²) in [5.74, 6) is 0.0729. The van der Waals surface area contributed by atoms with E-state index in [1.165, 1.54) is 26.3 Å². The van der Waals surface area contributed by atoms with Crippen molar-refractivity contribution in [2.24, 2.45) is 7.05 Å². The molecule has 0 unspecified atom stereocenters. The lowest BCUT2D eigenvalue weighted by atomic mass is 10.3. The number of unbranched alkanes of at least 4 members (excludes halogenated alkanes) is 2. The van der Waals surface area contributed by atoms with Crippen molar-refractivity contribution in [2.75, 3.05) is 5.88 Å². The highest BCUT2D eigenvalue weighted by atomic mass is 35.5. The molecule has 1 aromatic heterocycles. The lowest BCUT2D eigenvalue weighted by Crippen LogP contribution is -1.94. The fourth-order valence-corrected chi connectivity index (χ4v) is 1.11. The second kappa shape index (κ2) is 8.44. The molecule has 94 valence electrons. The first-order valence-corrected chi connectivity index (χ1v) is 5.59. The van der Waals surface area contributed by atoms with Crippen LogP contribution < -0.4 is 0 Å². The first-order valence-electron chi connectivity index (χ1n) is 5.06. The van der Waals surface area contributed by atoms with Crippen molar-refractivity contribution >= 4 is 11.6 Å². The van der Waals surface area contributed by atoms with E-state index in [-0.39, 0.29) is 0 Å². The van der Waals surface area contributed by atoms with Crippen molar-refractivity contribution in [3.8, 4) is 0 Å². The van der Waals surface area contributed by atoms with Crippen molar-refractivity contribution in [3.05, 3.63) is 17.7 Å². The van der Waals surface area contributed by atoms with E-state index in [0.717, 1.165) is 10.6 Å². The van der Waals surface area contributed by atoms with Gasteiger partial charge in [-0.1, -0.05) is 19.8 Å². The molecule has 1 heterocycles. The molecule has 0 aliphatic heterocycles. The van der Waals surface area contributed by atoms with Gasteiger partial charge in [-0.15, -0.1) is 11.6 Å². The van der Waals surface area contributed by atoms with E-state index in [2.05, 4.69) is 12.0 Å². The number of alkyl halides is 3. The van der Waals surface area contributed by atoms with Gasteiger partial charge in [-0.05, 0) is 6.42 Å². The zero-order chi connectivity index (χ0) is 12.6. The van der Waals surface area contributed by atoms with Crippen molar-refractivity contribution in [1.29, 1.82) is 0 Å². The first-order chi connectivity index (χ1) is 7.52. The molecule has 0 spiro atoms. The van der Waals surface area contributed by atoms with Crippen molar-refractivity contribution in [3.63, 3.8) is 0 Å². The molecular weight excluding hydrogens is 241 g/mol. The Labute approximate surface area is 98.4 Å². The standard InChI is InChI=1S/C5H11Cl.C5H5F3N2/c1-2-3-4-5-6;1-10-4(6)2-3(9-10)5(7)8/h2-5H2,1H3;2,5H,1H3. The van der Waals surface area contributed by atoms with E-state index in [1.54, 1.807) is 0 Å². The zero-order valence-corrected chi connectivity index (χ0v) is 10.1. The van der Waals surface area contributed by atoms with E-state index >= 15 is 0 Å². The van der Waals surface area contributed by atoms with E-state index < -0.39 is 18.1 Å². The van der Waals surface area contributed by atoms with Gasteiger partial charge in [0.25, 0.3) is 6.43 Å². The van der Waals surface area contributed by atoms with Gasteiger partial charge < -0.3 is 0 Å². The molecule has 1 rings (SSSR count). The van der Waals surface area contributed by atoms with Crippen LogP contribution >= 0.6 is 11.6 Å². The second-order valence-electron chi connectivity index (χ2n) is 3.21. The monoisotopic (exact) mass is 256 g/mol. The number of aryl methyl sites for hydroxylation is 1. The van der Waals surface area contributed by atoms with Gasteiger partial charge in [0.05, 0.1) is 0 Å². The van der Waals surface area contributed by atoms with Crippen LogP contribution in [0, 0.1) is 5.95 Å². The predicted molar refractivity (Wildman–Crippen MR) is 58.4 cm³/mol. The third kappa shape index (κ3) is 6.00. The van der Waals surface area contributed by atoms with Crippen LogP contribution in [-0.2, 0) is 7.05 Å². The van der Waals surface area contributed by atoms with Crippen molar-refractivity contribution in [2.45, 2.75) is 32.6 Å². The van der Waals surface area contributed by atoms with Crippen LogP contribution in [0.5, 0.6) is 0 Å². The fourth-order valence-electron chi connectivity index (χ4n) is 0.916. The topological polar surface area (TPSA) is 17.8 Å². The Morgan fingerprint density at radius 1 is 1.44 bits per heavy atom. The largest absolute Gasteiger partial charge is 0.282 e. The lowest BCUT2D eigenvalue weighted by molar-refractivity contribution is 0.145. The molecule has 6 heteroatoms. The van der Waals surface area contributed by atoms with Gasteiger partial charge >= 0.3 is 0 Å². The van der Waals surface area contributed by atoms with Crippen LogP contribution in [0.25, 0.3) is 0 Å². The number of hydrogen-bond donors (Lipinski definition) is 0. The molecule has 0 atom stereocenters. The molecule has 0 aliphatic carbocycles. The maximum absolute atomic E-state index is 12.3. The number of halogens is 4. The highest BCUT2D eigenvalue weighted by molar-refractivity contribution is 6.17. The summed E-state index contributed by atoms with van der Waals surface area (Å²) in [6.07, 6.45) is 1.03. The van der Waals surface area contributed by atoms with Crippen LogP contribution in [0.2, 0.25) is 0 Å². The van der Waals surface area contributed by atoms with Gasteiger partial charge in [-0.25, -0.2) is 13.5 Å². The Morgan fingerprint density at radius 2 is 2.06 bits per heavy atom. The summed E-state index contributed by atoms with van der Waals surface area (Å²) in [6.45, 7) is 2.17. The van der Waals surface area contributed by atoms with Crippen LogP contribution in [-0.4, -0.2) is 15.7 Å². The minimum atomic E-state index is -2.70. The molecule has 0 saturated carbocycles. The molecule has 0 fully saturated rings. The summed E-state index contributed by atoms with van der Waals surface area (Å²) in [5.41, 5.74) is -0.528. The molecule has 16 heavy (non-hydrogen) atoms. The Morgan fingerprint density at radius 3 is 2.25 bits per heavy atom. The number of rotatable bonds is 4. The van der Waals surface area contributed by atoms with Crippen LogP contribution in [0.3, 0.4) is 0 Å². The van der Waals surface area contributed by atoms with Gasteiger partial charge in [0.2, 0.25) is 5.95 Å². The van der Waals surface area contributed by atoms with E-state index in [0.29, 0.717) is 6.07 Å². The second-order valence-corrected chi connectivity index (χ2v) is 3.59. The van der Waals surface area contributed by atoms with E-state index in [9.17, 15) is 13.2 Å². The summed E-state index contributed by atoms with van der Waals surface area (Å²) in [4.78, 5) is 0. The van der Waals surface area contributed by atoms with Crippen molar-refractivity contribution < 1.29 is 13.2 Å². The minimum Gasteiger partial charge on any atom is -0.242 e. The third-order valence-corrected chi connectivity index (χ3v) is 2.07. The molecule has 0 aromatic carbocycles. The highest BCUT2D eigenvalue weighted by Crippen LogP contribution is 2.16. The van der Waals surface area contributed by atoms with Gasteiger partial charge in [0, 0.05) is 19.0 Å². The molecule has 0 aliphatic rings. The van der Waals surface area contributed by atoms with Crippen LogP contribution in [0.4, 0.5) is 13.2 Å². The van der Waals surface area contributed by atoms with E-state index in [1.807, 2.05) is 0 Å². The fraction of sp³-hybridized carbons (Fsp3) is 0.700. The normalized spacial score (nSPS) is 10.2. The molecule has 2 nitrogen and oxygen atoms in total.